The second-order valence-corrected chi connectivity index (χ2v) is 3.38. The van der Waals surface area contributed by atoms with Crippen LogP contribution >= 0.6 is 23.2 Å². The summed E-state index contributed by atoms with van der Waals surface area (Å²) in [4.78, 5) is 0. The molecule has 1 aromatic carbocycles. The van der Waals surface area contributed by atoms with Crippen LogP contribution in [0.15, 0.2) is 12.1 Å². The van der Waals surface area contributed by atoms with E-state index < -0.39 is 11.7 Å². The minimum atomic E-state index is -4.43. The molecular weight excluding hydrogens is 238 g/mol. The lowest BCUT2D eigenvalue weighted by atomic mass is 10.2. The van der Waals surface area contributed by atoms with E-state index in [1.54, 1.807) is 0 Å². The van der Waals surface area contributed by atoms with Crippen LogP contribution in [0.25, 0.3) is 0 Å². The Hall–Kier alpha value is -0.610. The fraction of sp³-hybridized carbons (Fsp3) is 0.250. The number of anilines is 1. The number of nitrogens with one attached hydrogen (secondary N) is 1. The van der Waals surface area contributed by atoms with Crippen LogP contribution in [0.2, 0.25) is 10.0 Å². The molecule has 0 bridgehead atoms. The van der Waals surface area contributed by atoms with Gasteiger partial charge >= 0.3 is 6.18 Å². The largest absolute Gasteiger partial charge is 0.416 e. The van der Waals surface area contributed by atoms with Crippen molar-refractivity contribution in [3.05, 3.63) is 27.7 Å². The highest BCUT2D eigenvalue weighted by atomic mass is 35.5. The second kappa shape index (κ2) is 3.87. The molecule has 6 heteroatoms. The van der Waals surface area contributed by atoms with Crippen LogP contribution in [0, 0.1) is 0 Å². The molecule has 1 aromatic rings. The summed E-state index contributed by atoms with van der Waals surface area (Å²) < 4.78 is 36.7. The standard InChI is InChI=1S/C8H6Cl2F3N/c1-14-7-5(9)2-4(3-6(7)10)8(11,12)13/h2-3,14H,1H3. The third-order valence-corrected chi connectivity index (χ3v) is 2.22. The van der Waals surface area contributed by atoms with E-state index in [2.05, 4.69) is 5.32 Å². The molecule has 0 aliphatic carbocycles. The number of hydrogen-bond acceptors (Lipinski definition) is 1. The molecule has 0 heterocycles. The molecule has 0 atom stereocenters. The second-order valence-electron chi connectivity index (χ2n) is 2.56. The summed E-state index contributed by atoms with van der Waals surface area (Å²) in [6.07, 6.45) is -4.43. The van der Waals surface area contributed by atoms with E-state index in [4.69, 9.17) is 23.2 Å². The van der Waals surface area contributed by atoms with E-state index in [9.17, 15) is 13.2 Å². The third-order valence-electron chi connectivity index (χ3n) is 1.62. The first-order valence-electron chi connectivity index (χ1n) is 3.60. The van der Waals surface area contributed by atoms with Crippen LogP contribution in [0.4, 0.5) is 18.9 Å². The Labute approximate surface area is 88.8 Å². The highest BCUT2D eigenvalue weighted by molar-refractivity contribution is 6.39. The normalized spacial score (nSPS) is 11.6. The van der Waals surface area contributed by atoms with E-state index in [1.807, 2.05) is 0 Å². The number of halogens is 5. The molecule has 0 radical (unpaired) electrons. The minimum Gasteiger partial charge on any atom is -0.386 e. The van der Waals surface area contributed by atoms with Gasteiger partial charge in [-0.05, 0) is 12.1 Å². The van der Waals surface area contributed by atoms with Crippen molar-refractivity contribution >= 4 is 28.9 Å². The Morgan fingerprint density at radius 1 is 1.14 bits per heavy atom. The number of benzene rings is 1. The molecule has 1 N–H and O–H groups in total. The SMILES string of the molecule is CNc1c(Cl)cc(C(F)(F)F)cc1Cl. The Morgan fingerprint density at radius 2 is 1.57 bits per heavy atom. The van der Waals surface area contributed by atoms with Crippen LogP contribution in [-0.2, 0) is 6.18 Å². The maximum atomic E-state index is 12.2. The van der Waals surface area contributed by atoms with Crippen molar-refractivity contribution in [2.75, 3.05) is 12.4 Å². The monoisotopic (exact) mass is 243 g/mol. The zero-order valence-electron chi connectivity index (χ0n) is 7.04. The zero-order valence-corrected chi connectivity index (χ0v) is 8.56. The highest BCUT2D eigenvalue weighted by Gasteiger charge is 2.31. The van der Waals surface area contributed by atoms with Gasteiger partial charge in [0.2, 0.25) is 0 Å². The molecule has 14 heavy (non-hydrogen) atoms. The van der Waals surface area contributed by atoms with Gasteiger partial charge in [-0.15, -0.1) is 0 Å². The Bertz CT molecular complexity index is 326. The van der Waals surface area contributed by atoms with Crippen molar-refractivity contribution in [3.63, 3.8) is 0 Å². The van der Waals surface area contributed by atoms with Crippen molar-refractivity contribution < 1.29 is 13.2 Å². The molecule has 0 unspecified atom stereocenters. The van der Waals surface area contributed by atoms with Crippen LogP contribution < -0.4 is 5.32 Å². The highest BCUT2D eigenvalue weighted by Crippen LogP contribution is 2.38. The molecule has 0 aromatic heterocycles. The number of rotatable bonds is 1. The lowest BCUT2D eigenvalue weighted by Gasteiger charge is -2.11. The molecule has 0 fully saturated rings. The lowest BCUT2D eigenvalue weighted by Crippen LogP contribution is -2.05. The van der Waals surface area contributed by atoms with Gasteiger partial charge in [-0.1, -0.05) is 23.2 Å². The Balaban J connectivity index is 3.28. The van der Waals surface area contributed by atoms with E-state index in [-0.39, 0.29) is 10.0 Å². The van der Waals surface area contributed by atoms with Gasteiger partial charge in [-0.3, -0.25) is 0 Å². The summed E-state index contributed by atoms with van der Waals surface area (Å²) >= 11 is 11.2. The van der Waals surface area contributed by atoms with Gasteiger partial charge in [0.05, 0.1) is 21.3 Å². The fourth-order valence-electron chi connectivity index (χ4n) is 0.976. The zero-order chi connectivity index (χ0) is 10.9. The molecule has 0 amide bonds. The van der Waals surface area contributed by atoms with Gasteiger partial charge in [-0.25, -0.2) is 0 Å². The molecule has 0 saturated heterocycles. The van der Waals surface area contributed by atoms with Crippen LogP contribution in [0.1, 0.15) is 5.56 Å². The molecule has 0 aliphatic heterocycles. The molecule has 0 spiro atoms. The summed E-state index contributed by atoms with van der Waals surface area (Å²) in [6.45, 7) is 0. The topological polar surface area (TPSA) is 12.0 Å². The van der Waals surface area contributed by atoms with Gasteiger partial charge in [0, 0.05) is 7.05 Å². The predicted molar refractivity (Wildman–Crippen MR) is 51.0 cm³/mol. The van der Waals surface area contributed by atoms with Gasteiger partial charge in [0.1, 0.15) is 0 Å². The maximum Gasteiger partial charge on any atom is 0.416 e. The summed E-state index contributed by atoms with van der Waals surface area (Å²) in [6, 6.07) is 1.67. The smallest absolute Gasteiger partial charge is 0.386 e. The van der Waals surface area contributed by atoms with Gasteiger partial charge in [0.25, 0.3) is 0 Å². The molecule has 1 nitrogen and oxygen atoms in total. The minimum absolute atomic E-state index is 0.0488. The molecule has 0 saturated carbocycles. The van der Waals surface area contributed by atoms with Crippen LogP contribution in [0.5, 0.6) is 0 Å². The van der Waals surface area contributed by atoms with Crippen molar-refractivity contribution in [3.8, 4) is 0 Å². The fourth-order valence-corrected chi connectivity index (χ4v) is 1.65. The number of hydrogen-bond donors (Lipinski definition) is 1. The predicted octanol–water partition coefficient (Wildman–Crippen LogP) is 4.05. The van der Waals surface area contributed by atoms with Crippen LogP contribution in [-0.4, -0.2) is 7.05 Å². The average Bonchev–Trinajstić information content (AvgIpc) is 2.01. The quantitative estimate of drug-likeness (QED) is 0.785. The van der Waals surface area contributed by atoms with E-state index >= 15 is 0 Å². The summed E-state index contributed by atoms with van der Waals surface area (Å²) in [7, 11) is 1.53. The number of alkyl halides is 3. The lowest BCUT2D eigenvalue weighted by molar-refractivity contribution is -0.137. The van der Waals surface area contributed by atoms with Gasteiger partial charge in [0.15, 0.2) is 0 Å². The van der Waals surface area contributed by atoms with Crippen molar-refractivity contribution in [1.29, 1.82) is 0 Å². The third kappa shape index (κ3) is 2.25. The first-order valence-corrected chi connectivity index (χ1v) is 4.36. The van der Waals surface area contributed by atoms with Crippen molar-refractivity contribution in [2.45, 2.75) is 6.18 Å². The van der Waals surface area contributed by atoms with E-state index in [0.717, 1.165) is 12.1 Å². The van der Waals surface area contributed by atoms with Gasteiger partial charge < -0.3 is 5.32 Å². The van der Waals surface area contributed by atoms with Gasteiger partial charge in [-0.2, -0.15) is 13.2 Å². The summed E-state index contributed by atoms with van der Waals surface area (Å²) in [5, 5.41) is 2.51. The molecule has 1 rings (SSSR count). The molecule has 78 valence electrons. The molecular formula is C8H6Cl2F3N. The van der Waals surface area contributed by atoms with Crippen molar-refractivity contribution in [1.82, 2.24) is 0 Å². The van der Waals surface area contributed by atoms with E-state index in [1.165, 1.54) is 7.05 Å². The van der Waals surface area contributed by atoms with Crippen molar-refractivity contribution in [2.24, 2.45) is 0 Å². The van der Waals surface area contributed by atoms with E-state index in [0.29, 0.717) is 5.69 Å². The maximum absolute atomic E-state index is 12.2. The first kappa shape index (κ1) is 11.5. The Kier molecular flexibility index (Phi) is 3.17. The average molecular weight is 244 g/mol. The molecule has 0 aliphatic rings. The summed E-state index contributed by atoms with van der Waals surface area (Å²) in [5.74, 6) is 0. The van der Waals surface area contributed by atoms with Crippen LogP contribution in [0.3, 0.4) is 0 Å². The first-order chi connectivity index (χ1) is 6.36. The summed E-state index contributed by atoms with van der Waals surface area (Å²) in [5.41, 5.74) is -0.562. The Morgan fingerprint density at radius 3 is 1.86 bits per heavy atom.